The standard InChI is InChI=1S/C25H25NO4/c1-17(21-5-3-2-4-6-21)26-25(30)22-16-20(11-13-23(22)27)15-19-9-7-18(8-10-19)12-14-24(28)29/h2-11,13,16-17,27H,12,14-15H2,1H3,(H,26,30)(H,28,29). The number of carbonyl (C=O) groups excluding carboxylic acids is 1. The molecule has 0 bridgehead atoms. The molecule has 5 heteroatoms. The Hall–Kier alpha value is -3.60. The van der Waals surface area contributed by atoms with E-state index >= 15 is 0 Å². The lowest BCUT2D eigenvalue weighted by molar-refractivity contribution is -0.136. The van der Waals surface area contributed by atoms with Gasteiger partial charge in [0.15, 0.2) is 0 Å². The number of carboxylic acid groups (broad SMARTS) is 1. The quantitative estimate of drug-likeness (QED) is 0.517. The van der Waals surface area contributed by atoms with Crippen molar-refractivity contribution in [2.45, 2.75) is 32.2 Å². The number of phenols is 1. The van der Waals surface area contributed by atoms with E-state index in [1.807, 2.05) is 61.5 Å². The molecular weight excluding hydrogens is 378 g/mol. The number of aliphatic carboxylic acids is 1. The van der Waals surface area contributed by atoms with Gasteiger partial charge in [0.2, 0.25) is 0 Å². The van der Waals surface area contributed by atoms with Gasteiger partial charge in [-0.25, -0.2) is 0 Å². The van der Waals surface area contributed by atoms with Gasteiger partial charge in [-0.2, -0.15) is 0 Å². The summed E-state index contributed by atoms with van der Waals surface area (Å²) >= 11 is 0. The van der Waals surface area contributed by atoms with Gasteiger partial charge in [0.25, 0.3) is 5.91 Å². The topological polar surface area (TPSA) is 86.6 Å². The molecule has 5 nitrogen and oxygen atoms in total. The Kier molecular flexibility index (Phi) is 6.86. The summed E-state index contributed by atoms with van der Waals surface area (Å²) in [5, 5.41) is 21.9. The molecule has 1 atom stereocenters. The average molecular weight is 403 g/mol. The second kappa shape index (κ2) is 9.74. The molecule has 0 heterocycles. The highest BCUT2D eigenvalue weighted by molar-refractivity contribution is 5.97. The van der Waals surface area contributed by atoms with Crippen LogP contribution >= 0.6 is 0 Å². The van der Waals surface area contributed by atoms with Gasteiger partial charge in [-0.3, -0.25) is 9.59 Å². The summed E-state index contributed by atoms with van der Waals surface area (Å²) in [6.07, 6.45) is 1.21. The number of aryl methyl sites for hydroxylation is 1. The van der Waals surface area contributed by atoms with Crippen molar-refractivity contribution in [1.82, 2.24) is 5.32 Å². The minimum Gasteiger partial charge on any atom is -0.507 e. The molecule has 3 N–H and O–H groups in total. The Labute approximate surface area is 176 Å². The van der Waals surface area contributed by atoms with E-state index in [-0.39, 0.29) is 29.7 Å². The van der Waals surface area contributed by atoms with Crippen molar-refractivity contribution < 1.29 is 19.8 Å². The Bertz CT molecular complexity index is 1010. The zero-order valence-electron chi connectivity index (χ0n) is 16.8. The minimum atomic E-state index is -0.810. The van der Waals surface area contributed by atoms with E-state index in [2.05, 4.69) is 5.32 Å². The highest BCUT2D eigenvalue weighted by Gasteiger charge is 2.15. The third kappa shape index (κ3) is 5.70. The lowest BCUT2D eigenvalue weighted by atomic mass is 9.99. The van der Waals surface area contributed by atoms with Crippen LogP contribution in [0.15, 0.2) is 72.8 Å². The van der Waals surface area contributed by atoms with Gasteiger partial charge in [-0.05, 0) is 54.2 Å². The van der Waals surface area contributed by atoms with Crippen LogP contribution in [0.1, 0.15) is 52.0 Å². The van der Waals surface area contributed by atoms with Crippen LogP contribution in [0.3, 0.4) is 0 Å². The summed E-state index contributed by atoms with van der Waals surface area (Å²) in [7, 11) is 0. The first-order valence-corrected chi connectivity index (χ1v) is 9.89. The predicted octanol–water partition coefficient (Wildman–Crippen LogP) is 4.49. The number of rotatable bonds is 8. The van der Waals surface area contributed by atoms with Crippen LogP contribution in [0.5, 0.6) is 5.75 Å². The summed E-state index contributed by atoms with van der Waals surface area (Å²) in [6.45, 7) is 1.90. The maximum absolute atomic E-state index is 12.7. The van der Waals surface area contributed by atoms with Crippen LogP contribution in [0.2, 0.25) is 0 Å². The molecule has 0 spiro atoms. The highest BCUT2D eigenvalue weighted by Crippen LogP contribution is 2.22. The van der Waals surface area contributed by atoms with Crippen molar-refractivity contribution in [2.24, 2.45) is 0 Å². The SMILES string of the molecule is CC(NC(=O)c1cc(Cc2ccc(CCC(=O)O)cc2)ccc1O)c1ccccc1. The van der Waals surface area contributed by atoms with Crippen molar-refractivity contribution in [2.75, 3.05) is 0 Å². The fraction of sp³-hybridized carbons (Fsp3) is 0.200. The third-order valence-corrected chi connectivity index (χ3v) is 5.01. The van der Waals surface area contributed by atoms with E-state index in [1.165, 1.54) is 0 Å². The van der Waals surface area contributed by atoms with Crippen molar-refractivity contribution in [3.8, 4) is 5.75 Å². The van der Waals surface area contributed by atoms with Crippen molar-refractivity contribution in [3.05, 3.63) is 101 Å². The monoisotopic (exact) mass is 403 g/mol. The van der Waals surface area contributed by atoms with Crippen molar-refractivity contribution in [3.63, 3.8) is 0 Å². The number of benzene rings is 3. The van der Waals surface area contributed by atoms with Gasteiger partial charge < -0.3 is 15.5 Å². The van der Waals surface area contributed by atoms with Crippen LogP contribution in [0, 0.1) is 0 Å². The number of carbonyl (C=O) groups is 2. The molecule has 3 aromatic carbocycles. The number of phenolic OH excluding ortho intramolecular Hbond substituents is 1. The van der Waals surface area contributed by atoms with Gasteiger partial charge in [-0.15, -0.1) is 0 Å². The molecule has 1 unspecified atom stereocenters. The lowest BCUT2D eigenvalue weighted by Crippen LogP contribution is -2.26. The van der Waals surface area contributed by atoms with E-state index in [1.54, 1.807) is 18.2 Å². The molecule has 0 aromatic heterocycles. The number of nitrogens with one attached hydrogen (secondary N) is 1. The largest absolute Gasteiger partial charge is 0.507 e. The Balaban J connectivity index is 1.68. The van der Waals surface area contributed by atoms with E-state index in [4.69, 9.17) is 5.11 Å². The molecule has 154 valence electrons. The Morgan fingerprint density at radius 2 is 1.53 bits per heavy atom. The minimum absolute atomic E-state index is 0.0551. The molecule has 3 aromatic rings. The van der Waals surface area contributed by atoms with E-state index in [0.717, 1.165) is 22.3 Å². The van der Waals surface area contributed by atoms with Crippen LogP contribution in [0.25, 0.3) is 0 Å². The number of carboxylic acids is 1. The number of hydrogen-bond acceptors (Lipinski definition) is 3. The number of aromatic hydroxyl groups is 1. The summed E-state index contributed by atoms with van der Waals surface area (Å²) in [4.78, 5) is 23.4. The van der Waals surface area contributed by atoms with Crippen molar-refractivity contribution in [1.29, 1.82) is 0 Å². The molecule has 30 heavy (non-hydrogen) atoms. The van der Waals surface area contributed by atoms with Crippen molar-refractivity contribution >= 4 is 11.9 Å². The summed E-state index contributed by atoms with van der Waals surface area (Å²) < 4.78 is 0. The molecule has 0 aliphatic rings. The average Bonchev–Trinajstić information content (AvgIpc) is 2.75. The molecule has 0 aliphatic carbocycles. The molecule has 0 saturated heterocycles. The Morgan fingerprint density at radius 1 is 0.900 bits per heavy atom. The smallest absolute Gasteiger partial charge is 0.303 e. The highest BCUT2D eigenvalue weighted by atomic mass is 16.4. The second-order valence-corrected chi connectivity index (χ2v) is 7.34. The van der Waals surface area contributed by atoms with E-state index < -0.39 is 5.97 Å². The maximum atomic E-state index is 12.7. The molecule has 3 rings (SSSR count). The summed E-state index contributed by atoms with van der Waals surface area (Å²) in [5.74, 6) is -1.19. The maximum Gasteiger partial charge on any atom is 0.303 e. The Morgan fingerprint density at radius 3 is 2.20 bits per heavy atom. The van der Waals surface area contributed by atoms with Crippen LogP contribution in [0.4, 0.5) is 0 Å². The predicted molar refractivity (Wildman–Crippen MR) is 116 cm³/mol. The zero-order chi connectivity index (χ0) is 21.5. The van der Waals surface area contributed by atoms with Crippen LogP contribution in [-0.4, -0.2) is 22.1 Å². The van der Waals surface area contributed by atoms with Gasteiger partial charge in [0.1, 0.15) is 5.75 Å². The lowest BCUT2D eigenvalue weighted by Gasteiger charge is -2.15. The normalized spacial score (nSPS) is 11.6. The van der Waals surface area contributed by atoms with Gasteiger partial charge in [-0.1, -0.05) is 60.7 Å². The van der Waals surface area contributed by atoms with Crippen LogP contribution in [-0.2, 0) is 17.6 Å². The molecule has 0 saturated carbocycles. The zero-order valence-corrected chi connectivity index (χ0v) is 16.8. The first kappa shape index (κ1) is 21.1. The third-order valence-electron chi connectivity index (χ3n) is 5.01. The van der Waals surface area contributed by atoms with E-state index in [9.17, 15) is 14.7 Å². The van der Waals surface area contributed by atoms with Gasteiger partial charge in [0.05, 0.1) is 11.6 Å². The fourth-order valence-corrected chi connectivity index (χ4v) is 3.29. The first-order chi connectivity index (χ1) is 14.4. The fourth-order valence-electron chi connectivity index (χ4n) is 3.29. The van der Waals surface area contributed by atoms with E-state index in [0.29, 0.717) is 12.8 Å². The molecule has 0 radical (unpaired) electrons. The molecule has 1 amide bonds. The molecule has 0 aliphatic heterocycles. The molecule has 0 fully saturated rings. The molecular formula is C25H25NO4. The number of amides is 1. The van der Waals surface area contributed by atoms with Gasteiger partial charge >= 0.3 is 5.97 Å². The number of hydrogen-bond donors (Lipinski definition) is 3. The summed E-state index contributed by atoms with van der Waals surface area (Å²) in [5.41, 5.74) is 4.16. The van der Waals surface area contributed by atoms with Gasteiger partial charge in [0, 0.05) is 6.42 Å². The first-order valence-electron chi connectivity index (χ1n) is 9.89. The second-order valence-electron chi connectivity index (χ2n) is 7.34. The van der Waals surface area contributed by atoms with Crippen LogP contribution < -0.4 is 5.32 Å². The summed E-state index contributed by atoms with van der Waals surface area (Å²) in [6, 6.07) is 22.3.